The molecular weight excluding hydrogens is 260 g/mol. The Morgan fingerprint density at radius 1 is 1.10 bits per heavy atom. The van der Waals surface area contributed by atoms with Crippen molar-refractivity contribution < 1.29 is 4.74 Å². The van der Waals surface area contributed by atoms with Gasteiger partial charge in [0, 0.05) is 30.8 Å². The summed E-state index contributed by atoms with van der Waals surface area (Å²) in [5, 5.41) is 0. The number of likely N-dealkylation sites (N-methyl/N-ethyl adjacent to an activating group) is 1. The Morgan fingerprint density at radius 2 is 1.90 bits per heavy atom. The zero-order chi connectivity index (χ0) is 14.7. The van der Waals surface area contributed by atoms with E-state index in [4.69, 9.17) is 10.5 Å². The minimum Gasteiger partial charge on any atom is -0.490 e. The highest BCUT2D eigenvalue weighted by atomic mass is 16.5. The molecule has 0 saturated carbocycles. The Bertz CT molecular complexity index is 585. The third-order valence-corrected chi connectivity index (χ3v) is 4.13. The SMILES string of the molecule is CN1CC[C@H](Oc2cccc(N)c2)[C@@H](c2ccccc2)C1. The fourth-order valence-electron chi connectivity index (χ4n) is 3.02. The summed E-state index contributed by atoms with van der Waals surface area (Å²) < 4.78 is 6.24. The molecule has 0 spiro atoms. The Kier molecular flexibility index (Phi) is 4.11. The Labute approximate surface area is 126 Å². The van der Waals surface area contributed by atoms with Gasteiger partial charge >= 0.3 is 0 Å². The average Bonchev–Trinajstić information content (AvgIpc) is 2.50. The molecule has 0 bridgehead atoms. The number of nitrogen functional groups attached to an aromatic ring is 1. The van der Waals surface area contributed by atoms with Crippen LogP contribution in [-0.2, 0) is 0 Å². The molecule has 2 aromatic rings. The number of rotatable bonds is 3. The number of benzene rings is 2. The van der Waals surface area contributed by atoms with E-state index in [1.54, 1.807) is 0 Å². The molecule has 0 unspecified atom stereocenters. The second kappa shape index (κ2) is 6.19. The van der Waals surface area contributed by atoms with Gasteiger partial charge in [-0.1, -0.05) is 36.4 Å². The van der Waals surface area contributed by atoms with Crippen LogP contribution < -0.4 is 10.5 Å². The van der Waals surface area contributed by atoms with Gasteiger partial charge in [-0.3, -0.25) is 0 Å². The highest BCUT2D eigenvalue weighted by molar-refractivity contribution is 5.43. The molecule has 1 fully saturated rings. The predicted molar refractivity (Wildman–Crippen MR) is 86.6 cm³/mol. The van der Waals surface area contributed by atoms with E-state index in [1.165, 1.54) is 5.56 Å². The summed E-state index contributed by atoms with van der Waals surface area (Å²) in [5.41, 5.74) is 7.94. The van der Waals surface area contributed by atoms with Gasteiger partial charge in [0.15, 0.2) is 0 Å². The number of likely N-dealkylation sites (tertiary alicyclic amines) is 1. The largest absolute Gasteiger partial charge is 0.490 e. The number of nitrogens with zero attached hydrogens (tertiary/aromatic N) is 1. The fourth-order valence-corrected chi connectivity index (χ4v) is 3.02. The van der Waals surface area contributed by atoms with Crippen LogP contribution in [0.3, 0.4) is 0 Å². The van der Waals surface area contributed by atoms with Crippen molar-refractivity contribution in [1.82, 2.24) is 4.90 Å². The maximum Gasteiger partial charge on any atom is 0.121 e. The van der Waals surface area contributed by atoms with Crippen molar-refractivity contribution in [2.24, 2.45) is 0 Å². The maximum atomic E-state index is 6.24. The van der Waals surface area contributed by atoms with Crippen molar-refractivity contribution in [3.63, 3.8) is 0 Å². The van der Waals surface area contributed by atoms with Gasteiger partial charge in [-0.05, 0) is 31.2 Å². The average molecular weight is 282 g/mol. The standard InChI is InChI=1S/C18H22N2O/c1-20-11-10-18(21-16-9-5-8-15(19)12-16)17(13-20)14-6-3-2-4-7-14/h2-9,12,17-18H,10-11,13,19H2,1H3/t17-,18+/m1/s1. The molecule has 110 valence electrons. The van der Waals surface area contributed by atoms with E-state index in [0.717, 1.165) is 30.9 Å². The van der Waals surface area contributed by atoms with Crippen LogP contribution in [0.15, 0.2) is 54.6 Å². The van der Waals surface area contributed by atoms with Crippen LogP contribution in [0.5, 0.6) is 5.75 Å². The molecule has 0 aliphatic carbocycles. The molecule has 1 heterocycles. The van der Waals surface area contributed by atoms with Crippen LogP contribution in [0.25, 0.3) is 0 Å². The number of ether oxygens (including phenoxy) is 1. The van der Waals surface area contributed by atoms with Crippen molar-refractivity contribution in [3.8, 4) is 5.75 Å². The summed E-state index contributed by atoms with van der Waals surface area (Å²) in [4.78, 5) is 2.37. The van der Waals surface area contributed by atoms with Crippen LogP contribution >= 0.6 is 0 Å². The molecule has 0 radical (unpaired) electrons. The van der Waals surface area contributed by atoms with Crippen molar-refractivity contribution in [2.45, 2.75) is 18.4 Å². The quantitative estimate of drug-likeness (QED) is 0.879. The maximum absolute atomic E-state index is 6.24. The molecule has 1 saturated heterocycles. The second-order valence-corrected chi connectivity index (χ2v) is 5.80. The highest BCUT2D eigenvalue weighted by Gasteiger charge is 2.30. The molecule has 3 heteroatoms. The number of hydrogen-bond acceptors (Lipinski definition) is 3. The number of piperidine rings is 1. The van der Waals surface area contributed by atoms with Gasteiger partial charge in [0.25, 0.3) is 0 Å². The molecule has 0 aromatic heterocycles. The van der Waals surface area contributed by atoms with Gasteiger partial charge < -0.3 is 15.4 Å². The first-order valence-electron chi connectivity index (χ1n) is 7.48. The van der Waals surface area contributed by atoms with Gasteiger partial charge in [0.2, 0.25) is 0 Å². The van der Waals surface area contributed by atoms with Crippen LogP contribution in [0.1, 0.15) is 17.9 Å². The van der Waals surface area contributed by atoms with Crippen LogP contribution in [0, 0.1) is 0 Å². The van der Waals surface area contributed by atoms with Gasteiger partial charge in [-0.15, -0.1) is 0 Å². The molecular formula is C18H22N2O. The minimum atomic E-state index is 0.199. The lowest BCUT2D eigenvalue weighted by molar-refractivity contribution is 0.0903. The van der Waals surface area contributed by atoms with Crippen LogP contribution in [0.4, 0.5) is 5.69 Å². The smallest absolute Gasteiger partial charge is 0.121 e. The van der Waals surface area contributed by atoms with E-state index in [9.17, 15) is 0 Å². The summed E-state index contributed by atoms with van der Waals surface area (Å²) in [6.07, 6.45) is 1.23. The predicted octanol–water partition coefficient (Wildman–Crippen LogP) is 3.14. The molecule has 3 rings (SSSR count). The third-order valence-electron chi connectivity index (χ3n) is 4.13. The molecule has 2 aromatic carbocycles. The zero-order valence-electron chi connectivity index (χ0n) is 12.4. The minimum absolute atomic E-state index is 0.199. The molecule has 3 nitrogen and oxygen atoms in total. The number of anilines is 1. The van der Waals surface area contributed by atoms with Crippen molar-refractivity contribution in [3.05, 3.63) is 60.2 Å². The number of nitrogens with two attached hydrogens (primary N) is 1. The topological polar surface area (TPSA) is 38.5 Å². The zero-order valence-corrected chi connectivity index (χ0v) is 12.4. The van der Waals surface area contributed by atoms with E-state index < -0.39 is 0 Å². The van der Waals surface area contributed by atoms with Crippen molar-refractivity contribution >= 4 is 5.69 Å². The monoisotopic (exact) mass is 282 g/mol. The first kappa shape index (κ1) is 14.0. The van der Waals surface area contributed by atoms with Gasteiger partial charge in [0.1, 0.15) is 11.9 Å². The summed E-state index contributed by atoms with van der Waals surface area (Å²) in [5.74, 6) is 1.26. The summed E-state index contributed by atoms with van der Waals surface area (Å²) >= 11 is 0. The fraction of sp³-hybridized carbons (Fsp3) is 0.333. The van der Waals surface area contributed by atoms with Crippen molar-refractivity contribution in [2.75, 3.05) is 25.9 Å². The van der Waals surface area contributed by atoms with E-state index in [2.05, 4.69) is 42.3 Å². The van der Waals surface area contributed by atoms with Crippen LogP contribution in [0.2, 0.25) is 0 Å². The first-order valence-corrected chi connectivity index (χ1v) is 7.48. The third kappa shape index (κ3) is 3.37. The van der Waals surface area contributed by atoms with Gasteiger partial charge in [0.05, 0.1) is 0 Å². The summed E-state index contributed by atoms with van der Waals surface area (Å²) in [6, 6.07) is 18.4. The normalized spacial score (nSPS) is 22.9. The highest BCUT2D eigenvalue weighted by Crippen LogP contribution is 2.30. The lowest BCUT2D eigenvalue weighted by Crippen LogP contribution is -2.42. The van der Waals surface area contributed by atoms with Gasteiger partial charge in [-0.25, -0.2) is 0 Å². The molecule has 2 atom stereocenters. The molecule has 0 amide bonds. The molecule has 21 heavy (non-hydrogen) atoms. The molecule has 2 N–H and O–H groups in total. The van der Waals surface area contributed by atoms with E-state index >= 15 is 0 Å². The Hall–Kier alpha value is -2.00. The summed E-state index contributed by atoms with van der Waals surface area (Å²) in [7, 11) is 2.17. The van der Waals surface area contributed by atoms with E-state index in [1.807, 2.05) is 24.3 Å². The first-order chi connectivity index (χ1) is 10.2. The Morgan fingerprint density at radius 3 is 2.67 bits per heavy atom. The Balaban J connectivity index is 1.81. The van der Waals surface area contributed by atoms with E-state index in [-0.39, 0.29) is 6.10 Å². The molecule has 1 aliphatic rings. The lowest BCUT2D eigenvalue weighted by atomic mass is 9.88. The lowest BCUT2D eigenvalue weighted by Gasteiger charge is -2.37. The number of hydrogen-bond donors (Lipinski definition) is 1. The van der Waals surface area contributed by atoms with Crippen LogP contribution in [-0.4, -0.2) is 31.1 Å². The molecule has 1 aliphatic heterocycles. The second-order valence-electron chi connectivity index (χ2n) is 5.80. The van der Waals surface area contributed by atoms with Crippen molar-refractivity contribution in [1.29, 1.82) is 0 Å². The summed E-state index contributed by atoms with van der Waals surface area (Å²) in [6.45, 7) is 2.09. The van der Waals surface area contributed by atoms with Gasteiger partial charge in [-0.2, -0.15) is 0 Å². The van der Waals surface area contributed by atoms with E-state index in [0.29, 0.717) is 5.92 Å².